The number of rotatable bonds is 4. The Morgan fingerprint density at radius 3 is 2.37 bits per heavy atom. The van der Waals surface area contributed by atoms with Gasteiger partial charge >= 0.3 is 0 Å². The number of fused-ring (bicyclic) bond motifs is 1. The number of ketones is 1. The molecule has 27 heavy (non-hydrogen) atoms. The summed E-state index contributed by atoms with van der Waals surface area (Å²) in [6.45, 7) is 8.62. The monoisotopic (exact) mass is 374 g/mol. The highest BCUT2D eigenvalue weighted by molar-refractivity contribution is 5.94. The third-order valence-corrected chi connectivity index (χ3v) is 7.73. The molecule has 0 bridgehead atoms. The second kappa shape index (κ2) is 8.26. The molecule has 3 aliphatic carbocycles. The standard InChI is InChI=1S/C24H38O3/c1-15(2)14-19-22-18(10-11-20(25)17-8-6-5-7-9-17)21(26)12-13-24(22,16(3)4)23(19)27/h15-22,25-26H,5-9,12-14H2,1-4H3/t18-,19?,20-,21+,22-,24+/m1/s1. The molecule has 0 aromatic rings. The van der Waals surface area contributed by atoms with Gasteiger partial charge in [-0.2, -0.15) is 0 Å². The van der Waals surface area contributed by atoms with Crippen molar-refractivity contribution in [1.82, 2.24) is 0 Å². The first-order valence-electron chi connectivity index (χ1n) is 11.2. The van der Waals surface area contributed by atoms with Crippen LogP contribution in [0.3, 0.4) is 0 Å². The fourth-order valence-electron chi connectivity index (χ4n) is 6.26. The number of Topliss-reactive ketones (excluding diaryl/α,β-unsaturated/α-hetero) is 1. The Morgan fingerprint density at radius 2 is 1.78 bits per heavy atom. The molecule has 152 valence electrons. The summed E-state index contributed by atoms with van der Waals surface area (Å²) < 4.78 is 0. The third kappa shape index (κ3) is 3.73. The van der Waals surface area contributed by atoms with Crippen LogP contribution in [0, 0.1) is 52.8 Å². The lowest BCUT2D eigenvalue weighted by Gasteiger charge is -2.62. The zero-order valence-electron chi connectivity index (χ0n) is 17.6. The van der Waals surface area contributed by atoms with Crippen LogP contribution in [0.15, 0.2) is 0 Å². The summed E-state index contributed by atoms with van der Waals surface area (Å²) >= 11 is 0. The normalized spacial score (nSPS) is 38.1. The van der Waals surface area contributed by atoms with Gasteiger partial charge in [0.05, 0.1) is 12.0 Å². The number of hydrogen-bond acceptors (Lipinski definition) is 3. The maximum Gasteiger partial charge on any atom is 0.143 e. The van der Waals surface area contributed by atoms with Crippen molar-refractivity contribution in [3.05, 3.63) is 0 Å². The second-order valence-electron chi connectivity index (χ2n) is 10.1. The minimum atomic E-state index is -0.591. The molecule has 3 heteroatoms. The quantitative estimate of drug-likeness (QED) is 0.725. The number of carbonyl (C=O) groups excluding carboxylic acids is 1. The Hall–Kier alpha value is -0.850. The highest BCUT2D eigenvalue weighted by atomic mass is 16.3. The van der Waals surface area contributed by atoms with Crippen LogP contribution < -0.4 is 0 Å². The highest BCUT2D eigenvalue weighted by Crippen LogP contribution is 2.63. The van der Waals surface area contributed by atoms with Crippen molar-refractivity contribution < 1.29 is 15.0 Å². The Kier molecular flexibility index (Phi) is 6.38. The van der Waals surface area contributed by atoms with E-state index in [0.717, 1.165) is 25.7 Å². The van der Waals surface area contributed by atoms with Gasteiger partial charge in [-0.3, -0.25) is 4.79 Å². The molecule has 0 heterocycles. The van der Waals surface area contributed by atoms with Crippen molar-refractivity contribution in [2.75, 3.05) is 0 Å². The third-order valence-electron chi connectivity index (χ3n) is 7.73. The highest BCUT2D eigenvalue weighted by Gasteiger charge is 2.67. The number of hydrogen-bond donors (Lipinski definition) is 2. The van der Waals surface area contributed by atoms with E-state index >= 15 is 0 Å². The largest absolute Gasteiger partial charge is 0.392 e. The molecule has 6 atom stereocenters. The van der Waals surface area contributed by atoms with E-state index in [9.17, 15) is 15.0 Å². The fraction of sp³-hybridized carbons (Fsp3) is 0.875. The number of aliphatic hydroxyl groups excluding tert-OH is 2. The Bertz CT molecular complexity index is 592. The van der Waals surface area contributed by atoms with Crippen LogP contribution in [0.2, 0.25) is 0 Å². The fourth-order valence-corrected chi connectivity index (χ4v) is 6.26. The van der Waals surface area contributed by atoms with Gasteiger partial charge in [-0.05, 0) is 55.8 Å². The van der Waals surface area contributed by atoms with Gasteiger partial charge in [-0.15, -0.1) is 0 Å². The van der Waals surface area contributed by atoms with Crippen LogP contribution >= 0.6 is 0 Å². The lowest BCUT2D eigenvalue weighted by molar-refractivity contribution is -0.185. The summed E-state index contributed by atoms with van der Waals surface area (Å²) in [5.41, 5.74) is -0.312. The molecule has 0 spiro atoms. The van der Waals surface area contributed by atoms with Crippen LogP contribution in [0.1, 0.15) is 79.1 Å². The van der Waals surface area contributed by atoms with E-state index in [1.165, 1.54) is 19.3 Å². The molecule has 0 saturated heterocycles. The summed E-state index contributed by atoms with van der Waals surface area (Å²) in [5, 5.41) is 21.3. The maximum atomic E-state index is 13.2. The van der Waals surface area contributed by atoms with Gasteiger partial charge in [0, 0.05) is 11.3 Å². The van der Waals surface area contributed by atoms with E-state index in [4.69, 9.17) is 0 Å². The smallest absolute Gasteiger partial charge is 0.143 e. The van der Waals surface area contributed by atoms with Crippen LogP contribution in [-0.2, 0) is 4.79 Å². The van der Waals surface area contributed by atoms with Gasteiger partial charge in [0.1, 0.15) is 11.9 Å². The van der Waals surface area contributed by atoms with Gasteiger partial charge in [-0.25, -0.2) is 0 Å². The zero-order valence-corrected chi connectivity index (χ0v) is 17.6. The minimum Gasteiger partial charge on any atom is -0.392 e. The van der Waals surface area contributed by atoms with Crippen molar-refractivity contribution in [3.63, 3.8) is 0 Å². The van der Waals surface area contributed by atoms with E-state index in [0.29, 0.717) is 18.1 Å². The van der Waals surface area contributed by atoms with Crippen molar-refractivity contribution in [1.29, 1.82) is 0 Å². The molecule has 0 amide bonds. The van der Waals surface area contributed by atoms with Gasteiger partial charge in [0.2, 0.25) is 0 Å². The molecule has 0 aromatic carbocycles. The molecule has 3 nitrogen and oxygen atoms in total. The predicted octanol–water partition coefficient (Wildman–Crippen LogP) is 4.21. The molecule has 1 unspecified atom stereocenters. The van der Waals surface area contributed by atoms with Gasteiger partial charge in [-0.1, -0.05) is 58.8 Å². The van der Waals surface area contributed by atoms with E-state index in [-0.39, 0.29) is 35.0 Å². The number of carbonyl (C=O) groups is 1. The summed E-state index contributed by atoms with van der Waals surface area (Å²) in [6.07, 6.45) is 6.97. The van der Waals surface area contributed by atoms with Crippen molar-refractivity contribution >= 4 is 5.78 Å². The summed E-state index contributed by atoms with van der Waals surface area (Å²) in [5.74, 6) is 7.82. The van der Waals surface area contributed by atoms with Crippen LogP contribution in [0.4, 0.5) is 0 Å². The van der Waals surface area contributed by atoms with Gasteiger partial charge in [0.25, 0.3) is 0 Å². The van der Waals surface area contributed by atoms with Crippen molar-refractivity contribution in [2.24, 2.45) is 40.9 Å². The van der Waals surface area contributed by atoms with E-state index in [2.05, 4.69) is 39.5 Å². The molecule has 3 fully saturated rings. The Morgan fingerprint density at radius 1 is 1.11 bits per heavy atom. The topological polar surface area (TPSA) is 57.5 Å². The minimum absolute atomic E-state index is 0.0217. The first-order valence-corrected chi connectivity index (χ1v) is 11.2. The number of aliphatic hydroxyl groups is 2. The summed E-state index contributed by atoms with van der Waals surface area (Å²) in [6, 6.07) is 0. The van der Waals surface area contributed by atoms with E-state index in [1.807, 2.05) is 0 Å². The molecule has 2 N–H and O–H groups in total. The predicted molar refractivity (Wildman–Crippen MR) is 108 cm³/mol. The average molecular weight is 375 g/mol. The van der Waals surface area contributed by atoms with Crippen LogP contribution in [0.25, 0.3) is 0 Å². The summed E-state index contributed by atoms with van der Waals surface area (Å²) in [7, 11) is 0. The Balaban J connectivity index is 1.84. The molecular formula is C24H38O3. The van der Waals surface area contributed by atoms with Crippen molar-refractivity contribution in [3.8, 4) is 11.8 Å². The lowest BCUT2D eigenvalue weighted by atomic mass is 9.40. The molecule has 0 aliphatic heterocycles. The summed E-state index contributed by atoms with van der Waals surface area (Å²) in [4.78, 5) is 13.2. The van der Waals surface area contributed by atoms with E-state index < -0.39 is 12.2 Å². The van der Waals surface area contributed by atoms with Crippen molar-refractivity contribution in [2.45, 2.75) is 91.3 Å². The van der Waals surface area contributed by atoms with E-state index in [1.54, 1.807) is 0 Å². The zero-order chi connectivity index (χ0) is 19.8. The molecular weight excluding hydrogens is 336 g/mol. The first kappa shape index (κ1) is 20.9. The lowest BCUT2D eigenvalue weighted by Crippen LogP contribution is -2.66. The SMILES string of the molecule is CC(C)CC1C(=O)[C@]2(C(C)C)CC[C@H](O)[C@@H](C#C[C@@H](O)C3CCCCC3)[C@H]12. The first-order chi connectivity index (χ1) is 12.8. The molecule has 0 aromatic heterocycles. The molecule has 3 rings (SSSR count). The molecule has 3 saturated carbocycles. The molecule has 3 aliphatic rings. The maximum absolute atomic E-state index is 13.2. The Labute approximate surface area is 165 Å². The van der Waals surface area contributed by atoms with Gasteiger partial charge in [0.15, 0.2) is 0 Å². The van der Waals surface area contributed by atoms with Crippen LogP contribution in [-0.4, -0.2) is 28.2 Å². The second-order valence-corrected chi connectivity index (χ2v) is 10.1. The van der Waals surface area contributed by atoms with Gasteiger partial charge < -0.3 is 10.2 Å². The van der Waals surface area contributed by atoms with Crippen LogP contribution in [0.5, 0.6) is 0 Å². The molecule has 0 radical (unpaired) electrons. The average Bonchev–Trinajstić information content (AvgIpc) is 2.64.